The van der Waals surface area contributed by atoms with Gasteiger partial charge in [0.25, 0.3) is 0 Å². The fraction of sp³-hybridized carbons (Fsp3) is 0.786. The molecule has 18 heavy (non-hydrogen) atoms. The van der Waals surface area contributed by atoms with Crippen LogP contribution in [0.2, 0.25) is 0 Å². The number of imidazole rings is 1. The lowest BCUT2D eigenvalue weighted by Crippen LogP contribution is -2.28. The summed E-state index contributed by atoms with van der Waals surface area (Å²) in [4.78, 5) is 7.11. The van der Waals surface area contributed by atoms with E-state index in [4.69, 9.17) is 4.98 Å². The minimum absolute atomic E-state index is 0.510. The highest BCUT2D eigenvalue weighted by atomic mass is 15.2. The molecule has 0 saturated heterocycles. The predicted octanol–water partition coefficient (Wildman–Crippen LogP) is 1.60. The van der Waals surface area contributed by atoms with Crippen LogP contribution in [0.3, 0.4) is 0 Å². The molecule has 0 fully saturated rings. The van der Waals surface area contributed by atoms with E-state index in [9.17, 15) is 0 Å². The summed E-state index contributed by atoms with van der Waals surface area (Å²) in [6.45, 7) is 7.63. The number of aryl methyl sites for hydroxylation is 1. The fourth-order valence-corrected chi connectivity index (χ4v) is 2.92. The Bertz CT molecular complexity index is 395. The third-order valence-corrected chi connectivity index (χ3v) is 3.54. The van der Waals surface area contributed by atoms with E-state index in [1.807, 2.05) is 0 Å². The van der Waals surface area contributed by atoms with E-state index in [1.165, 1.54) is 17.2 Å². The Balaban J connectivity index is 2.32. The molecular formula is C14H26N4. The van der Waals surface area contributed by atoms with Crippen molar-refractivity contribution in [1.29, 1.82) is 0 Å². The van der Waals surface area contributed by atoms with Gasteiger partial charge in [-0.3, -0.25) is 0 Å². The molecule has 4 nitrogen and oxygen atoms in total. The number of nitrogens with zero attached hydrogens (tertiary/aromatic N) is 3. The molecule has 0 radical (unpaired) electrons. The van der Waals surface area contributed by atoms with E-state index in [1.54, 1.807) is 0 Å². The third kappa shape index (κ3) is 2.75. The summed E-state index contributed by atoms with van der Waals surface area (Å²) < 4.78 is 2.50. The van der Waals surface area contributed by atoms with E-state index in [0.29, 0.717) is 6.04 Å². The summed E-state index contributed by atoms with van der Waals surface area (Å²) in [5, 5.41) is 3.42. The van der Waals surface area contributed by atoms with Gasteiger partial charge in [-0.1, -0.05) is 6.92 Å². The largest absolute Gasteiger partial charge is 0.328 e. The van der Waals surface area contributed by atoms with Gasteiger partial charge in [0.2, 0.25) is 0 Å². The average Bonchev–Trinajstić information content (AvgIpc) is 2.66. The van der Waals surface area contributed by atoms with Crippen LogP contribution in [0.5, 0.6) is 0 Å². The van der Waals surface area contributed by atoms with Gasteiger partial charge in [0, 0.05) is 44.2 Å². The van der Waals surface area contributed by atoms with E-state index in [0.717, 1.165) is 38.9 Å². The molecular weight excluding hydrogens is 224 g/mol. The maximum atomic E-state index is 4.85. The van der Waals surface area contributed by atoms with Crippen LogP contribution in [-0.2, 0) is 19.4 Å². The highest BCUT2D eigenvalue weighted by Gasteiger charge is 2.22. The zero-order valence-electron chi connectivity index (χ0n) is 12.2. The van der Waals surface area contributed by atoms with Crippen molar-refractivity contribution >= 4 is 0 Å². The highest BCUT2D eigenvalue weighted by Crippen LogP contribution is 2.22. The minimum Gasteiger partial charge on any atom is -0.328 e. The van der Waals surface area contributed by atoms with Gasteiger partial charge in [-0.2, -0.15) is 0 Å². The number of likely N-dealkylation sites (N-methyl/N-ethyl adjacent to an activating group) is 1. The van der Waals surface area contributed by atoms with Crippen molar-refractivity contribution in [3.05, 3.63) is 17.2 Å². The zero-order valence-corrected chi connectivity index (χ0v) is 12.2. The van der Waals surface area contributed by atoms with Crippen molar-refractivity contribution in [2.75, 3.05) is 27.2 Å². The molecule has 0 spiro atoms. The fourth-order valence-electron chi connectivity index (χ4n) is 2.92. The van der Waals surface area contributed by atoms with Crippen LogP contribution in [0.4, 0.5) is 0 Å². The van der Waals surface area contributed by atoms with Crippen LogP contribution in [0.25, 0.3) is 0 Å². The summed E-state index contributed by atoms with van der Waals surface area (Å²) in [6.07, 6.45) is 3.37. The molecule has 1 unspecified atom stereocenters. The highest BCUT2D eigenvalue weighted by molar-refractivity contribution is 5.21. The van der Waals surface area contributed by atoms with Gasteiger partial charge in [0.1, 0.15) is 5.82 Å². The number of hydrogen-bond acceptors (Lipinski definition) is 3. The normalized spacial score (nSPS) is 16.9. The predicted molar refractivity (Wildman–Crippen MR) is 74.9 cm³/mol. The molecule has 1 atom stereocenters. The molecule has 0 amide bonds. The van der Waals surface area contributed by atoms with Crippen molar-refractivity contribution in [3.63, 3.8) is 0 Å². The standard InChI is InChI=1S/C14H26N4/c1-5-6-14-16-12-9-15-8-7-13(12)18(14)11(2)10-17(3)4/h11,15H,5-10H2,1-4H3. The monoisotopic (exact) mass is 250 g/mol. The van der Waals surface area contributed by atoms with Gasteiger partial charge in [-0.05, 0) is 27.4 Å². The number of nitrogens with one attached hydrogen (secondary N) is 1. The van der Waals surface area contributed by atoms with E-state index in [-0.39, 0.29) is 0 Å². The van der Waals surface area contributed by atoms with Crippen molar-refractivity contribution in [3.8, 4) is 0 Å². The summed E-state index contributed by atoms with van der Waals surface area (Å²) in [7, 11) is 4.28. The van der Waals surface area contributed by atoms with Crippen LogP contribution in [0, 0.1) is 0 Å². The second-order valence-electron chi connectivity index (χ2n) is 5.58. The first-order valence-corrected chi connectivity index (χ1v) is 7.07. The van der Waals surface area contributed by atoms with Crippen LogP contribution < -0.4 is 5.32 Å². The Hall–Kier alpha value is -0.870. The second kappa shape index (κ2) is 5.85. The van der Waals surface area contributed by atoms with Gasteiger partial charge >= 0.3 is 0 Å². The van der Waals surface area contributed by atoms with Crippen LogP contribution >= 0.6 is 0 Å². The molecule has 1 aliphatic heterocycles. The molecule has 2 heterocycles. The molecule has 1 aliphatic rings. The van der Waals surface area contributed by atoms with Gasteiger partial charge in [0.15, 0.2) is 0 Å². The van der Waals surface area contributed by atoms with Gasteiger partial charge < -0.3 is 14.8 Å². The maximum absolute atomic E-state index is 4.85. The Labute approximate surface area is 110 Å². The molecule has 0 saturated carbocycles. The van der Waals surface area contributed by atoms with Crippen LogP contribution in [0.15, 0.2) is 0 Å². The Morgan fingerprint density at radius 1 is 1.44 bits per heavy atom. The lowest BCUT2D eigenvalue weighted by atomic mass is 10.1. The molecule has 2 rings (SSSR count). The van der Waals surface area contributed by atoms with E-state index in [2.05, 4.69) is 42.7 Å². The quantitative estimate of drug-likeness (QED) is 0.862. The average molecular weight is 250 g/mol. The van der Waals surface area contributed by atoms with Crippen LogP contribution in [0.1, 0.15) is 43.5 Å². The summed E-state index contributed by atoms with van der Waals surface area (Å²) >= 11 is 0. The van der Waals surface area contributed by atoms with E-state index < -0.39 is 0 Å². The Morgan fingerprint density at radius 3 is 2.89 bits per heavy atom. The zero-order chi connectivity index (χ0) is 13.1. The van der Waals surface area contributed by atoms with E-state index >= 15 is 0 Å². The number of aromatic nitrogens is 2. The topological polar surface area (TPSA) is 33.1 Å². The van der Waals surface area contributed by atoms with Crippen molar-refractivity contribution < 1.29 is 0 Å². The third-order valence-electron chi connectivity index (χ3n) is 3.54. The smallest absolute Gasteiger partial charge is 0.109 e. The number of rotatable bonds is 5. The van der Waals surface area contributed by atoms with Crippen molar-refractivity contribution in [1.82, 2.24) is 19.8 Å². The molecule has 4 heteroatoms. The van der Waals surface area contributed by atoms with Crippen molar-refractivity contribution in [2.45, 2.75) is 45.7 Å². The maximum Gasteiger partial charge on any atom is 0.109 e. The Kier molecular flexibility index (Phi) is 4.40. The second-order valence-corrected chi connectivity index (χ2v) is 5.58. The Morgan fingerprint density at radius 2 is 2.22 bits per heavy atom. The number of hydrogen-bond donors (Lipinski definition) is 1. The number of fused-ring (bicyclic) bond motifs is 1. The van der Waals surface area contributed by atoms with Gasteiger partial charge in [-0.15, -0.1) is 0 Å². The van der Waals surface area contributed by atoms with Gasteiger partial charge in [0.05, 0.1) is 5.69 Å². The molecule has 102 valence electrons. The minimum atomic E-state index is 0.510. The first kappa shape index (κ1) is 13.6. The molecule has 1 N–H and O–H groups in total. The van der Waals surface area contributed by atoms with Gasteiger partial charge in [-0.25, -0.2) is 4.98 Å². The SMILES string of the molecule is CCCc1nc2c(n1C(C)CN(C)C)CCNC2. The first-order valence-electron chi connectivity index (χ1n) is 7.07. The molecule has 0 aromatic carbocycles. The molecule has 1 aromatic rings. The lowest BCUT2D eigenvalue weighted by molar-refractivity contribution is 0.327. The molecule has 0 aliphatic carbocycles. The summed E-state index contributed by atoms with van der Waals surface area (Å²) in [5.41, 5.74) is 2.74. The summed E-state index contributed by atoms with van der Waals surface area (Å²) in [5.74, 6) is 1.28. The first-order chi connectivity index (χ1) is 8.63. The molecule has 0 bridgehead atoms. The van der Waals surface area contributed by atoms with Crippen LogP contribution in [-0.4, -0.2) is 41.6 Å². The summed E-state index contributed by atoms with van der Waals surface area (Å²) in [6, 6.07) is 0.510. The lowest BCUT2D eigenvalue weighted by Gasteiger charge is -2.24. The molecule has 1 aromatic heterocycles. The van der Waals surface area contributed by atoms with Crippen molar-refractivity contribution in [2.24, 2.45) is 0 Å².